The lowest BCUT2D eigenvalue weighted by atomic mass is 9.92. The molecule has 18 unspecified atom stereocenters. The normalized spacial score (nSPS) is 49.6. The highest BCUT2D eigenvalue weighted by atomic mass is 16.9. The Morgan fingerprint density at radius 2 is 1.24 bits per heavy atom. The van der Waals surface area contributed by atoms with Gasteiger partial charge in [0.05, 0.1) is 45.2 Å². The van der Waals surface area contributed by atoms with Crippen LogP contribution in [-0.4, -0.2) is 307 Å². The van der Waals surface area contributed by atoms with Gasteiger partial charge in [-0.3, -0.25) is 0 Å². The van der Waals surface area contributed by atoms with E-state index in [9.17, 15) is 81.4 Å². The van der Waals surface area contributed by atoms with Gasteiger partial charge in [-0.25, -0.2) is 4.79 Å². The van der Waals surface area contributed by atoms with Crippen LogP contribution in [0.15, 0.2) is 0 Å². The van der Waals surface area contributed by atoms with Crippen LogP contribution in [-0.2, 0) is 71.1 Å². The van der Waals surface area contributed by atoms with Gasteiger partial charge in [0, 0.05) is 6.54 Å². The highest BCUT2D eigenvalue weighted by Gasteiger charge is 2.60. The number of aliphatic hydroxyl groups excluding tert-OH is 14. The number of nitrogens with two attached hydrogens (primary N) is 1. The van der Waals surface area contributed by atoms with Crippen molar-refractivity contribution >= 4 is 5.97 Å². The van der Waals surface area contributed by atoms with Crippen molar-refractivity contribution in [3.63, 3.8) is 0 Å². The van der Waals surface area contributed by atoms with Crippen molar-refractivity contribution in [2.24, 2.45) is 5.73 Å². The maximum atomic E-state index is 11.9. The summed E-state index contributed by atoms with van der Waals surface area (Å²) in [6, 6.07) is 0. The van der Waals surface area contributed by atoms with E-state index in [0.29, 0.717) is 0 Å². The van der Waals surface area contributed by atoms with Crippen LogP contribution in [0.25, 0.3) is 0 Å². The highest BCUT2D eigenvalue weighted by molar-refractivity contribution is 5.73. The lowest BCUT2D eigenvalue weighted by molar-refractivity contribution is -0.350. The maximum Gasteiger partial charge on any atom is 0.335 e. The van der Waals surface area contributed by atoms with Gasteiger partial charge in [0.1, 0.15) is 122 Å². The number of rotatable bonds is 22. The SMILES string of the molecule is CC1O[C@@H](OCCOCCN)C(O)C(OC(OC2O[C@@H]2C(C)O[C@@H]2OC(CO)[C@@H](O[C@H]3OC4O[C@@H]4C(O)C3O)C(O)C2O)[C@@H](O)[C@H]2OC(CO[C@H]3OC(C(=O)O)[C@@H](O)C(O)C3O)[C@@H](O)C(O)C2O)[C@H]1O. The Kier molecular flexibility index (Phi) is 19.1. The van der Waals surface area contributed by atoms with Gasteiger partial charge in [0.15, 0.2) is 50.1 Å². The lowest BCUT2D eigenvalue weighted by Gasteiger charge is -2.46. The summed E-state index contributed by atoms with van der Waals surface area (Å²) in [5.74, 6) is -1.73. The van der Waals surface area contributed by atoms with E-state index in [1.54, 1.807) is 0 Å². The highest BCUT2D eigenvalue weighted by Crippen LogP contribution is 2.39. The molecule has 7 rings (SSSR count). The molecule has 7 aliphatic heterocycles. The van der Waals surface area contributed by atoms with E-state index in [1.165, 1.54) is 13.8 Å². The molecule has 0 saturated carbocycles. The van der Waals surface area contributed by atoms with Gasteiger partial charge < -0.3 is 149 Å². The summed E-state index contributed by atoms with van der Waals surface area (Å²) in [5.41, 5.74) is 5.44. The summed E-state index contributed by atoms with van der Waals surface area (Å²) < 4.78 is 78.1. The van der Waals surface area contributed by atoms with E-state index in [2.05, 4.69) is 0 Å². The van der Waals surface area contributed by atoms with Crippen molar-refractivity contribution in [1.82, 2.24) is 0 Å². The zero-order chi connectivity index (χ0) is 51.0. The molecule has 7 aliphatic rings. The molecule has 0 bridgehead atoms. The van der Waals surface area contributed by atoms with Crippen LogP contribution in [0.1, 0.15) is 13.8 Å². The van der Waals surface area contributed by atoms with Gasteiger partial charge in [-0.2, -0.15) is 0 Å². The van der Waals surface area contributed by atoms with Crippen molar-refractivity contribution in [2.45, 2.75) is 198 Å². The van der Waals surface area contributed by atoms with Crippen molar-refractivity contribution in [2.75, 3.05) is 39.6 Å². The van der Waals surface area contributed by atoms with E-state index >= 15 is 0 Å². The number of fused-ring (bicyclic) bond motifs is 1. The molecule has 0 amide bonds. The van der Waals surface area contributed by atoms with Crippen LogP contribution in [0.5, 0.6) is 0 Å². The first kappa shape index (κ1) is 56.0. The molecule has 7 fully saturated rings. The summed E-state index contributed by atoms with van der Waals surface area (Å²) in [6.07, 6.45) is -50.7. The van der Waals surface area contributed by atoms with E-state index in [4.69, 9.17) is 72.0 Å². The first-order valence-electron chi connectivity index (χ1n) is 22.6. The Morgan fingerprint density at radius 1 is 0.571 bits per heavy atom. The largest absolute Gasteiger partial charge is 0.479 e. The molecular formula is C39H65NO30. The average Bonchev–Trinajstić information content (AvgIpc) is 4.28. The molecule has 31 heteroatoms. The smallest absolute Gasteiger partial charge is 0.335 e. The molecular weight excluding hydrogens is 962 g/mol. The predicted molar refractivity (Wildman–Crippen MR) is 212 cm³/mol. The summed E-state index contributed by atoms with van der Waals surface area (Å²) >= 11 is 0. The molecule has 0 spiro atoms. The van der Waals surface area contributed by atoms with E-state index in [-0.39, 0.29) is 26.4 Å². The average molecular weight is 1030 g/mol. The first-order chi connectivity index (χ1) is 33.2. The van der Waals surface area contributed by atoms with Crippen LogP contribution >= 0.6 is 0 Å². The summed E-state index contributed by atoms with van der Waals surface area (Å²) in [4.78, 5) is 11.6. The molecule has 0 aromatic carbocycles. The number of ether oxygens (including phenoxy) is 14. The van der Waals surface area contributed by atoms with E-state index < -0.39 is 204 Å². The molecule has 7 saturated heterocycles. The third-order valence-corrected chi connectivity index (χ3v) is 12.8. The fourth-order valence-corrected chi connectivity index (χ4v) is 8.59. The molecule has 70 heavy (non-hydrogen) atoms. The van der Waals surface area contributed by atoms with Crippen molar-refractivity contribution in [3.8, 4) is 0 Å². The standard InChI is InChI=1S/C39H65NO30/c1-9-13(42)28(24(53)34(60-9)58-6-5-57-4-3-40)66-37(25(54)29-17(46)15(44)14(43)12(62-29)8-59-33-21(50)16(45)18(47)30(67-33)32(55)56)70-38-26(64-38)10(2)61-35-22(51)19(48)27(11(7-41)63-35)65-36-23(52)20(49)31-39(68-31)69-36/h9-31,33-39,41-54H,3-8,40H2,1-2H3,(H,55,56)/t9?,10?,11?,12?,13-,14+,15?,16?,17?,18-,19?,20?,21?,22?,23?,24?,25-,26+,27+,28?,29-,30?,31+,33-,34+,35+,36-,37?,38?,39?/m0/s1. The van der Waals surface area contributed by atoms with Gasteiger partial charge >= 0.3 is 5.97 Å². The Morgan fingerprint density at radius 3 is 1.93 bits per heavy atom. The Hall–Kier alpha value is -1.69. The molecule has 0 aromatic rings. The monoisotopic (exact) mass is 1030 g/mol. The topological polar surface area (TPSA) is 482 Å². The Balaban J connectivity index is 1.04. The second-order valence-electron chi connectivity index (χ2n) is 17.8. The Bertz CT molecular complexity index is 1660. The van der Waals surface area contributed by atoms with Gasteiger partial charge in [0.25, 0.3) is 0 Å². The summed E-state index contributed by atoms with van der Waals surface area (Å²) in [7, 11) is 0. The molecule has 7 heterocycles. The summed E-state index contributed by atoms with van der Waals surface area (Å²) in [6.45, 7) is 1.45. The fourth-order valence-electron chi connectivity index (χ4n) is 8.59. The van der Waals surface area contributed by atoms with E-state index in [0.717, 1.165) is 0 Å². The minimum absolute atomic E-state index is 0.0276. The second-order valence-corrected chi connectivity index (χ2v) is 17.8. The van der Waals surface area contributed by atoms with Crippen LogP contribution in [0.3, 0.4) is 0 Å². The van der Waals surface area contributed by atoms with E-state index in [1.807, 2.05) is 0 Å². The number of carbonyl (C=O) groups is 1. The van der Waals surface area contributed by atoms with Crippen molar-refractivity contribution < 1.29 is 148 Å². The number of aliphatic carboxylic acids is 1. The molecule has 0 radical (unpaired) electrons. The third kappa shape index (κ3) is 12.2. The molecule has 0 aromatic heterocycles. The zero-order valence-electron chi connectivity index (χ0n) is 37.5. The lowest BCUT2D eigenvalue weighted by Crippen LogP contribution is -2.65. The molecule has 31 nitrogen and oxygen atoms in total. The van der Waals surface area contributed by atoms with Crippen molar-refractivity contribution in [3.05, 3.63) is 0 Å². The van der Waals surface area contributed by atoms with Crippen LogP contribution in [0, 0.1) is 0 Å². The zero-order valence-corrected chi connectivity index (χ0v) is 37.5. The van der Waals surface area contributed by atoms with Crippen LogP contribution < -0.4 is 5.73 Å². The van der Waals surface area contributed by atoms with Gasteiger partial charge in [-0.15, -0.1) is 0 Å². The molecule has 0 aliphatic carbocycles. The van der Waals surface area contributed by atoms with Gasteiger partial charge in [-0.05, 0) is 13.8 Å². The molecule has 17 N–H and O–H groups in total. The number of hydrogen-bond donors (Lipinski definition) is 16. The quantitative estimate of drug-likeness (QED) is 0.0272. The predicted octanol–water partition coefficient (Wildman–Crippen LogP) is -11.0. The van der Waals surface area contributed by atoms with Crippen molar-refractivity contribution in [1.29, 1.82) is 0 Å². The minimum atomic E-state index is -2.27. The second kappa shape index (κ2) is 23.9. The third-order valence-electron chi connectivity index (χ3n) is 12.8. The summed E-state index contributed by atoms with van der Waals surface area (Å²) in [5, 5.41) is 160. The fraction of sp³-hybridized carbons (Fsp3) is 0.974. The number of epoxide rings is 2. The van der Waals surface area contributed by atoms with Gasteiger partial charge in [-0.1, -0.05) is 0 Å². The Labute approximate surface area is 397 Å². The maximum absolute atomic E-state index is 11.9. The van der Waals surface area contributed by atoms with Gasteiger partial charge in [0.2, 0.25) is 0 Å². The van der Waals surface area contributed by atoms with Crippen LogP contribution in [0.4, 0.5) is 0 Å². The molecule has 406 valence electrons. The number of carboxylic acids is 1. The minimum Gasteiger partial charge on any atom is -0.479 e. The number of hydrogen-bond acceptors (Lipinski definition) is 30. The number of carboxylic acid groups (broad SMARTS) is 1. The first-order valence-corrected chi connectivity index (χ1v) is 22.6. The number of aliphatic hydroxyl groups is 14. The molecule has 30 atom stereocenters. The van der Waals surface area contributed by atoms with Crippen LogP contribution in [0.2, 0.25) is 0 Å².